The molecule has 0 saturated carbocycles. The lowest BCUT2D eigenvalue weighted by molar-refractivity contribution is -0.385. The van der Waals surface area contributed by atoms with E-state index in [4.69, 9.17) is 0 Å². The summed E-state index contributed by atoms with van der Waals surface area (Å²) < 4.78 is 23.1. The van der Waals surface area contributed by atoms with Crippen molar-refractivity contribution in [1.82, 2.24) is 4.98 Å². The van der Waals surface area contributed by atoms with Crippen molar-refractivity contribution in [2.45, 2.75) is 17.7 Å². The highest BCUT2D eigenvalue weighted by Crippen LogP contribution is 2.30. The number of hydrogen-bond acceptors (Lipinski definition) is 8. The number of nitro groups is 1. The van der Waals surface area contributed by atoms with Gasteiger partial charge in [0.05, 0.1) is 15.4 Å². The molecule has 0 aliphatic carbocycles. The molecule has 10 heteroatoms. The zero-order valence-corrected chi connectivity index (χ0v) is 14.3. The molecule has 1 heterocycles. The number of carbonyl (C=O) groups is 2. The molecular formula is C14H12N2O6S2. The monoisotopic (exact) mass is 368 g/mol. The van der Waals surface area contributed by atoms with E-state index in [-0.39, 0.29) is 15.5 Å². The van der Waals surface area contributed by atoms with Crippen LogP contribution in [0.5, 0.6) is 0 Å². The molecule has 1 aromatic heterocycles. The van der Waals surface area contributed by atoms with Crippen LogP contribution in [-0.4, -0.2) is 36.1 Å². The van der Waals surface area contributed by atoms with E-state index in [2.05, 4.69) is 4.98 Å². The van der Waals surface area contributed by atoms with Gasteiger partial charge in [-0.2, -0.15) is 0 Å². The topological polar surface area (TPSA) is 124 Å². The van der Waals surface area contributed by atoms with Gasteiger partial charge in [0.25, 0.3) is 5.69 Å². The van der Waals surface area contributed by atoms with E-state index in [1.807, 2.05) is 0 Å². The number of thiazole rings is 1. The van der Waals surface area contributed by atoms with Gasteiger partial charge in [0.15, 0.2) is 15.6 Å². The first-order valence-electron chi connectivity index (χ1n) is 6.55. The van der Waals surface area contributed by atoms with Crippen molar-refractivity contribution in [1.29, 1.82) is 0 Å². The van der Waals surface area contributed by atoms with Gasteiger partial charge in [0.1, 0.15) is 16.7 Å². The molecule has 0 radical (unpaired) electrons. The van der Waals surface area contributed by atoms with Crippen LogP contribution >= 0.6 is 11.3 Å². The molecule has 0 saturated heterocycles. The fourth-order valence-electron chi connectivity index (χ4n) is 2.10. The Balaban J connectivity index is 2.60. The van der Waals surface area contributed by atoms with E-state index in [0.29, 0.717) is 0 Å². The quantitative estimate of drug-likeness (QED) is 0.330. The van der Waals surface area contributed by atoms with Gasteiger partial charge in [-0.15, -0.1) is 11.3 Å². The molecular weight excluding hydrogens is 356 g/mol. The normalized spacial score (nSPS) is 12.6. The molecule has 2 rings (SSSR count). The number of benzene rings is 1. The van der Waals surface area contributed by atoms with Gasteiger partial charge in [-0.05, 0) is 19.1 Å². The average Bonchev–Trinajstić information content (AvgIpc) is 2.99. The Morgan fingerprint density at radius 2 is 2.00 bits per heavy atom. The summed E-state index contributed by atoms with van der Waals surface area (Å²) in [6.07, 6.45) is 2.33. The van der Waals surface area contributed by atoms with Crippen LogP contribution in [0.25, 0.3) is 0 Å². The van der Waals surface area contributed by atoms with Crippen LogP contribution in [0, 0.1) is 10.1 Å². The fraction of sp³-hybridized carbons (Fsp3) is 0.214. The van der Waals surface area contributed by atoms with Crippen LogP contribution in [0.3, 0.4) is 0 Å². The molecule has 1 unspecified atom stereocenters. The first-order chi connectivity index (χ1) is 11.1. The smallest absolute Gasteiger partial charge is 0.281 e. The van der Waals surface area contributed by atoms with E-state index < -0.39 is 37.9 Å². The Bertz CT molecular complexity index is 919. The second kappa shape index (κ2) is 6.57. The van der Waals surface area contributed by atoms with Crippen LogP contribution in [0.2, 0.25) is 0 Å². The van der Waals surface area contributed by atoms with Gasteiger partial charge in [0.2, 0.25) is 0 Å². The minimum Gasteiger partial charge on any atom is -0.299 e. The summed E-state index contributed by atoms with van der Waals surface area (Å²) in [5, 5.41) is 13.1. The van der Waals surface area contributed by atoms with Gasteiger partial charge >= 0.3 is 0 Å². The van der Waals surface area contributed by atoms with Crippen molar-refractivity contribution < 1.29 is 22.9 Å². The highest BCUT2D eigenvalue weighted by molar-refractivity contribution is 7.90. The Hall–Kier alpha value is -2.46. The fourth-order valence-corrected chi connectivity index (χ4v) is 3.54. The Labute approximate surface area is 141 Å². The largest absolute Gasteiger partial charge is 0.299 e. The second-order valence-electron chi connectivity index (χ2n) is 4.99. The number of ketones is 2. The van der Waals surface area contributed by atoms with Crippen LogP contribution in [0.1, 0.15) is 28.2 Å². The van der Waals surface area contributed by atoms with Gasteiger partial charge in [0, 0.05) is 23.9 Å². The molecule has 0 amide bonds. The summed E-state index contributed by atoms with van der Waals surface area (Å²) in [4.78, 5) is 38.6. The molecule has 0 fully saturated rings. The van der Waals surface area contributed by atoms with Gasteiger partial charge in [-0.1, -0.05) is 0 Å². The van der Waals surface area contributed by atoms with Crippen molar-refractivity contribution in [2.75, 3.05) is 6.26 Å². The first-order valence-corrected chi connectivity index (χ1v) is 9.32. The van der Waals surface area contributed by atoms with E-state index in [1.54, 1.807) is 5.38 Å². The number of Topliss-reactive ketones (excluding diaryl/α,β-unsaturated/α-hetero) is 2. The number of aromatic nitrogens is 1. The lowest BCUT2D eigenvalue weighted by Crippen LogP contribution is -2.21. The highest BCUT2D eigenvalue weighted by atomic mass is 32.2. The van der Waals surface area contributed by atoms with Crippen molar-refractivity contribution >= 4 is 38.4 Å². The Morgan fingerprint density at radius 1 is 1.33 bits per heavy atom. The van der Waals surface area contributed by atoms with Crippen molar-refractivity contribution in [2.24, 2.45) is 0 Å². The molecule has 1 aromatic carbocycles. The Morgan fingerprint density at radius 3 is 2.46 bits per heavy atom. The standard InChI is InChI=1S/C14H12N2O6S2/c1-8(17)12(14-15-5-6-23-14)13(18)10-4-3-9(24(2,21)22)7-11(10)16(19)20/h3-7,12H,1-2H3. The van der Waals surface area contributed by atoms with Crippen molar-refractivity contribution in [3.8, 4) is 0 Å². The summed E-state index contributed by atoms with van der Waals surface area (Å²) in [6.45, 7) is 1.20. The number of carbonyl (C=O) groups excluding carboxylic acids is 2. The third kappa shape index (κ3) is 3.54. The van der Waals surface area contributed by atoms with Gasteiger partial charge in [-0.25, -0.2) is 13.4 Å². The average molecular weight is 368 g/mol. The molecule has 24 heavy (non-hydrogen) atoms. The minimum atomic E-state index is -3.67. The minimum absolute atomic E-state index is 0.231. The number of sulfone groups is 1. The molecule has 8 nitrogen and oxygen atoms in total. The van der Waals surface area contributed by atoms with E-state index in [9.17, 15) is 28.1 Å². The highest BCUT2D eigenvalue weighted by Gasteiger charge is 2.33. The molecule has 0 spiro atoms. The summed E-state index contributed by atoms with van der Waals surface area (Å²) in [7, 11) is -3.67. The second-order valence-corrected chi connectivity index (χ2v) is 7.93. The summed E-state index contributed by atoms with van der Waals surface area (Å²) in [5.41, 5.74) is -0.992. The lowest BCUT2D eigenvalue weighted by atomic mass is 9.94. The van der Waals surface area contributed by atoms with Crippen LogP contribution < -0.4 is 0 Å². The maximum Gasteiger partial charge on any atom is 0.281 e. The summed E-state index contributed by atoms with van der Waals surface area (Å²) >= 11 is 1.09. The molecule has 0 N–H and O–H groups in total. The number of nitro benzene ring substituents is 1. The third-order valence-corrected chi connectivity index (χ3v) is 5.18. The molecule has 0 aliphatic rings. The van der Waals surface area contributed by atoms with Gasteiger partial charge in [-0.3, -0.25) is 19.7 Å². The molecule has 0 aliphatic heterocycles. The molecule has 0 bridgehead atoms. The van der Waals surface area contributed by atoms with Crippen LogP contribution in [0.4, 0.5) is 5.69 Å². The van der Waals surface area contributed by atoms with E-state index in [1.165, 1.54) is 13.1 Å². The van der Waals surface area contributed by atoms with E-state index in [0.717, 1.165) is 35.8 Å². The maximum absolute atomic E-state index is 12.7. The molecule has 1 atom stereocenters. The third-order valence-electron chi connectivity index (χ3n) is 3.23. The summed E-state index contributed by atoms with van der Waals surface area (Å²) in [6, 6.07) is 2.98. The van der Waals surface area contributed by atoms with Gasteiger partial charge < -0.3 is 0 Å². The summed E-state index contributed by atoms with van der Waals surface area (Å²) in [5.74, 6) is -2.55. The van der Waals surface area contributed by atoms with Crippen molar-refractivity contribution in [3.05, 3.63) is 50.5 Å². The van der Waals surface area contributed by atoms with E-state index >= 15 is 0 Å². The zero-order valence-electron chi connectivity index (χ0n) is 12.6. The molecule has 2 aromatic rings. The van der Waals surface area contributed by atoms with Crippen molar-refractivity contribution in [3.63, 3.8) is 0 Å². The van der Waals surface area contributed by atoms with Crippen LogP contribution in [0.15, 0.2) is 34.7 Å². The molecule has 126 valence electrons. The SMILES string of the molecule is CC(=O)C(C(=O)c1ccc(S(C)(=O)=O)cc1[N+](=O)[O-])c1nccs1. The zero-order chi connectivity index (χ0) is 18.1. The Kier molecular flexibility index (Phi) is 4.90. The first kappa shape index (κ1) is 17.9. The predicted octanol–water partition coefficient (Wildman–Crippen LogP) is 2.01. The lowest BCUT2D eigenvalue weighted by Gasteiger charge is -2.11. The number of nitrogens with zero attached hydrogens (tertiary/aromatic N) is 2. The maximum atomic E-state index is 12.7. The number of rotatable bonds is 6. The number of hydrogen-bond donors (Lipinski definition) is 0. The van der Waals surface area contributed by atoms with Crippen LogP contribution in [-0.2, 0) is 14.6 Å². The predicted molar refractivity (Wildman–Crippen MR) is 86.1 cm³/mol.